The van der Waals surface area contributed by atoms with Gasteiger partial charge in [-0.3, -0.25) is 4.79 Å². The zero-order valence-corrected chi connectivity index (χ0v) is 26.1. The topological polar surface area (TPSA) is 101 Å². The second-order valence-electron chi connectivity index (χ2n) is 14.4. The standard InChI is InChI=1S/C34H47N3O5/c1-33(2,3)24-17-16-21(30(36-24)41-7)18-35-26-25(34(4,5)6)28(32(39)40)37(27(26)20-12-9-8-10-13-20)31(38)29-23-15-11-14-22(23)19-42-29/h8-10,12-13,16-17,22-23,25-29,35H,11,14-15,18-19H2,1-7H3,(H,39,40)/t22?,23?,25-,26-,27-,28-,29?/m0/s1. The third kappa shape index (κ3) is 5.68. The number of likely N-dealkylation sites (tertiary alicyclic amines) is 1. The van der Waals surface area contributed by atoms with Gasteiger partial charge in [-0.1, -0.05) is 84.4 Å². The minimum absolute atomic E-state index is 0.128. The number of amides is 1. The number of pyridine rings is 1. The first-order chi connectivity index (χ1) is 19.8. The molecule has 1 aromatic carbocycles. The van der Waals surface area contributed by atoms with Crippen LogP contribution in [0.25, 0.3) is 0 Å². The van der Waals surface area contributed by atoms with Gasteiger partial charge in [0.15, 0.2) is 0 Å². The van der Waals surface area contributed by atoms with Crippen molar-refractivity contribution >= 4 is 11.9 Å². The molecule has 1 aliphatic carbocycles. The summed E-state index contributed by atoms with van der Waals surface area (Å²) >= 11 is 0. The Morgan fingerprint density at radius 1 is 1.07 bits per heavy atom. The Morgan fingerprint density at radius 3 is 2.40 bits per heavy atom. The van der Waals surface area contributed by atoms with E-state index >= 15 is 0 Å². The van der Waals surface area contributed by atoms with Gasteiger partial charge in [0.05, 0.1) is 19.8 Å². The summed E-state index contributed by atoms with van der Waals surface area (Å²) in [7, 11) is 1.62. The molecule has 3 unspecified atom stereocenters. The number of ether oxygens (including phenoxy) is 2. The van der Waals surface area contributed by atoms with Crippen molar-refractivity contribution in [2.24, 2.45) is 23.2 Å². The molecule has 8 heteroatoms. The molecule has 2 aromatic rings. The van der Waals surface area contributed by atoms with Crippen LogP contribution in [0.4, 0.5) is 0 Å². The summed E-state index contributed by atoms with van der Waals surface area (Å²) in [5.41, 5.74) is 2.18. The molecule has 5 rings (SSSR count). The lowest BCUT2D eigenvalue weighted by Crippen LogP contribution is -2.51. The van der Waals surface area contributed by atoms with Gasteiger partial charge < -0.3 is 24.8 Å². The number of fused-ring (bicyclic) bond motifs is 1. The number of nitrogens with one attached hydrogen (secondary N) is 1. The van der Waals surface area contributed by atoms with E-state index in [0.717, 1.165) is 36.1 Å². The average molecular weight is 578 g/mol. The minimum atomic E-state index is -1.01. The van der Waals surface area contributed by atoms with E-state index in [1.165, 1.54) is 0 Å². The van der Waals surface area contributed by atoms with E-state index in [-0.39, 0.29) is 29.2 Å². The normalized spacial score (nSPS) is 29.5. The lowest BCUT2D eigenvalue weighted by Gasteiger charge is -2.35. The van der Waals surface area contributed by atoms with Gasteiger partial charge >= 0.3 is 5.97 Å². The van der Waals surface area contributed by atoms with Gasteiger partial charge in [0.25, 0.3) is 5.91 Å². The van der Waals surface area contributed by atoms with Gasteiger partial charge in [-0.05, 0) is 41.7 Å². The van der Waals surface area contributed by atoms with Gasteiger partial charge in [-0.2, -0.15) is 0 Å². The van der Waals surface area contributed by atoms with Gasteiger partial charge in [-0.25, -0.2) is 9.78 Å². The summed E-state index contributed by atoms with van der Waals surface area (Å²) in [6, 6.07) is 12.1. The summed E-state index contributed by atoms with van der Waals surface area (Å²) < 4.78 is 11.8. The maximum atomic E-state index is 14.5. The largest absolute Gasteiger partial charge is 0.481 e. The number of aromatic nitrogens is 1. The van der Waals surface area contributed by atoms with E-state index in [1.54, 1.807) is 12.0 Å². The van der Waals surface area contributed by atoms with Crippen LogP contribution in [0.15, 0.2) is 42.5 Å². The van der Waals surface area contributed by atoms with E-state index < -0.39 is 29.6 Å². The molecule has 0 radical (unpaired) electrons. The molecule has 3 aliphatic rings. The number of carbonyl (C=O) groups excluding carboxylic acids is 1. The monoisotopic (exact) mass is 577 g/mol. The van der Waals surface area contributed by atoms with E-state index in [2.05, 4.69) is 46.9 Å². The highest BCUT2D eigenvalue weighted by Gasteiger charge is 2.60. The molecule has 228 valence electrons. The Labute approximate surface area is 250 Å². The molecule has 1 amide bonds. The average Bonchev–Trinajstić information content (AvgIpc) is 3.64. The van der Waals surface area contributed by atoms with Crippen LogP contribution in [0.1, 0.15) is 83.7 Å². The molecule has 1 aromatic heterocycles. The summed E-state index contributed by atoms with van der Waals surface area (Å²) in [6.45, 7) is 13.5. The molecular weight excluding hydrogens is 530 g/mol. The highest BCUT2D eigenvalue weighted by molar-refractivity contribution is 5.88. The minimum Gasteiger partial charge on any atom is -0.481 e. The van der Waals surface area contributed by atoms with E-state index in [9.17, 15) is 14.7 Å². The van der Waals surface area contributed by atoms with Crippen LogP contribution in [-0.4, -0.2) is 58.8 Å². The quantitative estimate of drug-likeness (QED) is 0.457. The van der Waals surface area contributed by atoms with Crippen LogP contribution in [0.3, 0.4) is 0 Å². The number of carbonyl (C=O) groups is 2. The first-order valence-corrected chi connectivity index (χ1v) is 15.3. The fourth-order valence-corrected chi connectivity index (χ4v) is 7.58. The molecule has 8 nitrogen and oxygen atoms in total. The Balaban J connectivity index is 1.56. The van der Waals surface area contributed by atoms with Crippen molar-refractivity contribution in [1.29, 1.82) is 0 Å². The van der Waals surface area contributed by atoms with Crippen molar-refractivity contribution in [3.05, 3.63) is 59.3 Å². The molecule has 3 heterocycles. The number of nitrogens with zero attached hydrogens (tertiary/aromatic N) is 2. The number of hydrogen-bond donors (Lipinski definition) is 2. The molecule has 7 atom stereocenters. The number of carboxylic acid groups (broad SMARTS) is 1. The van der Waals surface area contributed by atoms with Crippen LogP contribution in [0.5, 0.6) is 5.88 Å². The predicted molar refractivity (Wildman–Crippen MR) is 161 cm³/mol. The summed E-state index contributed by atoms with van der Waals surface area (Å²) in [5.74, 6) is -0.478. The lowest BCUT2D eigenvalue weighted by atomic mass is 9.72. The molecule has 0 bridgehead atoms. The van der Waals surface area contributed by atoms with Crippen molar-refractivity contribution in [3.63, 3.8) is 0 Å². The third-order valence-corrected chi connectivity index (χ3v) is 9.58. The van der Waals surface area contributed by atoms with Gasteiger partial charge in [0.2, 0.25) is 5.88 Å². The highest BCUT2D eigenvalue weighted by atomic mass is 16.5. The molecule has 0 spiro atoms. The second kappa shape index (κ2) is 11.6. The highest BCUT2D eigenvalue weighted by Crippen LogP contribution is 2.50. The maximum absolute atomic E-state index is 14.5. The number of carboxylic acids is 1. The Bertz CT molecular complexity index is 1280. The Hall–Kier alpha value is -2.97. The number of rotatable bonds is 7. The first kappa shape index (κ1) is 30.5. The van der Waals surface area contributed by atoms with Gasteiger partial charge in [0.1, 0.15) is 12.1 Å². The predicted octanol–water partition coefficient (Wildman–Crippen LogP) is 5.36. The molecule has 2 aliphatic heterocycles. The third-order valence-electron chi connectivity index (χ3n) is 9.58. The van der Waals surface area contributed by atoms with Crippen molar-refractivity contribution in [2.45, 2.75) is 97.0 Å². The maximum Gasteiger partial charge on any atom is 0.326 e. The van der Waals surface area contributed by atoms with E-state index in [4.69, 9.17) is 14.5 Å². The number of hydrogen-bond acceptors (Lipinski definition) is 6. The Kier molecular flexibility index (Phi) is 8.42. The zero-order valence-electron chi connectivity index (χ0n) is 26.1. The fraction of sp³-hybridized carbons (Fsp3) is 0.618. The van der Waals surface area contributed by atoms with E-state index in [1.807, 2.05) is 42.5 Å². The number of aliphatic carboxylic acids is 1. The van der Waals surface area contributed by atoms with Gasteiger partial charge in [0, 0.05) is 35.2 Å². The van der Waals surface area contributed by atoms with Crippen molar-refractivity contribution in [1.82, 2.24) is 15.2 Å². The Morgan fingerprint density at radius 2 is 1.79 bits per heavy atom. The fourth-order valence-electron chi connectivity index (χ4n) is 7.58. The van der Waals surface area contributed by atoms with E-state index in [0.29, 0.717) is 24.9 Å². The number of benzene rings is 1. The summed E-state index contributed by atoms with van der Waals surface area (Å²) in [4.78, 5) is 34.1. The van der Waals surface area contributed by atoms with Crippen molar-refractivity contribution in [2.75, 3.05) is 13.7 Å². The smallest absolute Gasteiger partial charge is 0.326 e. The molecule has 3 fully saturated rings. The van der Waals surface area contributed by atoms with Gasteiger partial charge in [-0.15, -0.1) is 0 Å². The van der Waals surface area contributed by atoms with Crippen LogP contribution in [0.2, 0.25) is 0 Å². The van der Waals surface area contributed by atoms with Crippen LogP contribution in [0, 0.1) is 23.2 Å². The summed E-state index contributed by atoms with van der Waals surface area (Å²) in [5, 5.41) is 14.5. The summed E-state index contributed by atoms with van der Waals surface area (Å²) in [6.07, 6.45) is 2.51. The first-order valence-electron chi connectivity index (χ1n) is 15.3. The van der Waals surface area contributed by atoms with Crippen LogP contribution >= 0.6 is 0 Å². The molecule has 1 saturated carbocycles. The van der Waals surface area contributed by atoms with Crippen molar-refractivity contribution < 1.29 is 24.2 Å². The second-order valence-corrected chi connectivity index (χ2v) is 14.4. The number of methoxy groups -OCH3 is 1. The molecule has 2 saturated heterocycles. The van der Waals surface area contributed by atoms with Crippen LogP contribution < -0.4 is 10.1 Å². The molecular formula is C34H47N3O5. The van der Waals surface area contributed by atoms with Crippen LogP contribution in [-0.2, 0) is 26.3 Å². The SMILES string of the molecule is COc1nc(C(C)(C)C)ccc1CN[C@H]1[C@H](C(C)(C)C)[C@@H](C(=O)O)N(C(=O)C2OCC3CCCC32)[C@H]1c1ccccc1. The molecule has 42 heavy (non-hydrogen) atoms. The zero-order chi connectivity index (χ0) is 30.4. The molecule has 2 N–H and O–H groups in total. The lowest BCUT2D eigenvalue weighted by molar-refractivity contribution is -0.157. The van der Waals surface area contributed by atoms with Crippen molar-refractivity contribution in [3.8, 4) is 5.88 Å².